The summed E-state index contributed by atoms with van der Waals surface area (Å²) in [6, 6.07) is 18.5. The van der Waals surface area contributed by atoms with Gasteiger partial charge in [-0.2, -0.15) is 0 Å². The molecule has 0 spiro atoms. The van der Waals surface area contributed by atoms with Gasteiger partial charge in [-0.3, -0.25) is 9.80 Å². The Hall–Kier alpha value is -2.77. The van der Waals surface area contributed by atoms with Crippen molar-refractivity contribution in [3.05, 3.63) is 71.6 Å². The molecule has 0 aliphatic carbocycles. The van der Waals surface area contributed by atoms with Gasteiger partial charge in [0.15, 0.2) is 0 Å². The molecule has 2 aliphatic rings. The van der Waals surface area contributed by atoms with Crippen LogP contribution in [0.25, 0.3) is 21.9 Å². The molecule has 2 aliphatic heterocycles. The van der Waals surface area contributed by atoms with E-state index in [1.54, 1.807) is 18.7 Å². The molecule has 38 heavy (non-hydrogen) atoms. The number of para-hydroxylation sites is 2. The maximum Gasteiger partial charge on any atom is 0.260 e. The first-order valence-electron chi connectivity index (χ1n) is 13.7. The Labute approximate surface area is 224 Å². The van der Waals surface area contributed by atoms with Crippen molar-refractivity contribution in [2.75, 3.05) is 19.6 Å². The highest BCUT2D eigenvalue weighted by Crippen LogP contribution is 2.31. The lowest BCUT2D eigenvalue weighted by Gasteiger charge is -2.36. The number of alkyl halides is 3. The van der Waals surface area contributed by atoms with Crippen LogP contribution >= 0.6 is 0 Å². The summed E-state index contributed by atoms with van der Waals surface area (Å²) in [5, 5.41) is 2.35. The van der Waals surface area contributed by atoms with E-state index in [0.717, 1.165) is 36.1 Å². The number of aromatic amines is 1. The fourth-order valence-electron chi connectivity index (χ4n) is 5.78. The van der Waals surface area contributed by atoms with Crippen molar-refractivity contribution in [2.45, 2.75) is 77.2 Å². The highest BCUT2D eigenvalue weighted by molar-refractivity contribution is 5.85. The molecule has 0 saturated carbocycles. The van der Waals surface area contributed by atoms with Crippen LogP contribution in [0.1, 0.15) is 58.5 Å². The molecule has 4 aromatic rings. The lowest BCUT2D eigenvalue weighted by atomic mass is 9.96. The molecule has 0 amide bonds. The van der Waals surface area contributed by atoms with E-state index < -0.39 is 11.6 Å². The average molecular weight is 528 g/mol. The van der Waals surface area contributed by atoms with Gasteiger partial charge in [0.25, 0.3) is 5.92 Å². The predicted molar refractivity (Wildman–Crippen MR) is 149 cm³/mol. The minimum absolute atomic E-state index is 0. The van der Waals surface area contributed by atoms with E-state index in [4.69, 9.17) is 4.42 Å². The van der Waals surface area contributed by atoms with Crippen molar-refractivity contribution in [2.24, 2.45) is 0 Å². The third kappa shape index (κ3) is 6.44. The number of nitrogens with one attached hydrogen (secondary N) is 1. The van der Waals surface area contributed by atoms with Gasteiger partial charge < -0.3 is 9.40 Å². The van der Waals surface area contributed by atoms with Gasteiger partial charge in [0.05, 0.1) is 13.1 Å². The molecule has 6 rings (SSSR count). The number of aromatic nitrogens is 1. The normalized spacial score (nSPS) is 20.6. The zero-order valence-electron chi connectivity index (χ0n) is 22.6. The number of H-pyrrole nitrogens is 1. The lowest BCUT2D eigenvalue weighted by Crippen LogP contribution is -2.44. The Bertz CT molecular complexity index is 1340. The van der Waals surface area contributed by atoms with Crippen molar-refractivity contribution < 1.29 is 19.0 Å². The molecule has 2 aromatic heterocycles. The number of rotatable bonds is 4. The minimum atomic E-state index is -2.57. The smallest absolute Gasteiger partial charge is 0.260 e. The van der Waals surface area contributed by atoms with Gasteiger partial charge >= 0.3 is 0 Å². The van der Waals surface area contributed by atoms with Gasteiger partial charge in [0.2, 0.25) is 0 Å². The van der Waals surface area contributed by atoms with Gasteiger partial charge in [-0.15, -0.1) is 0 Å². The van der Waals surface area contributed by atoms with Crippen LogP contribution in [-0.2, 0) is 19.5 Å². The van der Waals surface area contributed by atoms with Crippen molar-refractivity contribution in [3.63, 3.8) is 0 Å². The predicted octanol–water partition coefficient (Wildman–Crippen LogP) is 7.96. The first-order chi connectivity index (χ1) is 18.1. The van der Waals surface area contributed by atoms with Gasteiger partial charge in [0.1, 0.15) is 17.0 Å². The maximum absolute atomic E-state index is 13.9. The molecule has 1 saturated heterocycles. The highest BCUT2D eigenvalue weighted by Gasteiger charge is 2.33. The van der Waals surface area contributed by atoms with Crippen LogP contribution in [-0.4, -0.2) is 52.1 Å². The third-order valence-corrected chi connectivity index (χ3v) is 7.54. The van der Waals surface area contributed by atoms with E-state index in [0.29, 0.717) is 32.1 Å². The first-order valence-corrected chi connectivity index (χ1v) is 13.7. The summed E-state index contributed by atoms with van der Waals surface area (Å²) < 4.78 is 46.7. The van der Waals surface area contributed by atoms with Crippen LogP contribution in [0.3, 0.4) is 0 Å². The van der Waals surface area contributed by atoms with E-state index in [9.17, 15) is 13.2 Å². The summed E-state index contributed by atoms with van der Waals surface area (Å²) in [4.78, 5) is 7.52. The topological polar surface area (TPSA) is 35.4 Å². The van der Waals surface area contributed by atoms with Gasteiger partial charge in [-0.25, -0.2) is 13.2 Å². The molecule has 1 N–H and O–H groups in total. The molecule has 4 nitrogen and oxygen atoms in total. The fourth-order valence-corrected chi connectivity index (χ4v) is 5.78. The van der Waals surface area contributed by atoms with Gasteiger partial charge in [-0.1, -0.05) is 36.4 Å². The monoisotopic (exact) mass is 527 g/mol. The summed E-state index contributed by atoms with van der Waals surface area (Å²) in [5.41, 5.74) is 3.54. The summed E-state index contributed by atoms with van der Waals surface area (Å²) >= 11 is 0. The Morgan fingerprint density at radius 2 is 1.87 bits per heavy atom. The summed E-state index contributed by atoms with van der Waals surface area (Å²) in [6.45, 7) is 7.82. The zero-order valence-corrected chi connectivity index (χ0v) is 22.6. The molecule has 0 radical (unpaired) electrons. The van der Waals surface area contributed by atoms with Crippen molar-refractivity contribution in [1.82, 2.24) is 14.8 Å². The minimum Gasteiger partial charge on any atom is -0.460 e. The maximum atomic E-state index is 13.9. The first kappa shape index (κ1) is 26.8. The Morgan fingerprint density at radius 3 is 2.66 bits per heavy atom. The van der Waals surface area contributed by atoms with Crippen molar-refractivity contribution >= 4 is 21.9 Å². The third-order valence-electron chi connectivity index (χ3n) is 7.54. The molecular formula is C31H40F3N3O. The lowest BCUT2D eigenvalue weighted by molar-refractivity contribution is -0.0320. The number of halogens is 3. The van der Waals surface area contributed by atoms with Crippen molar-refractivity contribution in [1.29, 1.82) is 0 Å². The number of fused-ring (bicyclic) bond motifs is 4. The number of nitrogens with zero attached hydrogens (tertiary/aromatic N) is 2. The summed E-state index contributed by atoms with van der Waals surface area (Å²) in [6.07, 6.45) is 2.43. The second-order valence-electron chi connectivity index (χ2n) is 11.6. The second kappa shape index (κ2) is 10.8. The van der Waals surface area contributed by atoms with E-state index >= 15 is 0 Å². The molecule has 7 heteroatoms. The number of hydrogen-bond acceptors (Lipinski definition) is 3. The summed E-state index contributed by atoms with van der Waals surface area (Å²) in [5.74, 6) is -1.80. The van der Waals surface area contributed by atoms with Crippen LogP contribution in [0.15, 0.2) is 59.0 Å². The molecular weight excluding hydrogens is 487 g/mol. The molecule has 206 valence electrons. The van der Waals surface area contributed by atoms with Crippen LogP contribution in [0.4, 0.5) is 13.2 Å². The Morgan fingerprint density at radius 1 is 1.11 bits per heavy atom. The van der Waals surface area contributed by atoms with E-state index in [1.165, 1.54) is 22.2 Å². The Balaban J connectivity index is 0.000000176. The molecule has 1 atom stereocenters. The van der Waals surface area contributed by atoms with E-state index in [-0.39, 0.29) is 14.4 Å². The van der Waals surface area contributed by atoms with E-state index in [1.807, 2.05) is 30.3 Å². The van der Waals surface area contributed by atoms with Crippen LogP contribution in [0, 0.1) is 0 Å². The standard InChI is InChI=1S/C16H21FN2.C15H17F2NO.H2/c1-11-8-13-12-6-4-5-7-14(12)18-15(13)9-19(11)10-16(2,3)17;16-15(17)7-3-4-8-18(11-15)10-13-9-12-5-1-2-6-14(12)19-13;/h4-7,11,18H,8-10H2,1-3H3;1-2,5-6,9H,3-4,7-8,10-11H2;1H/t11-;;/m1../s1. The van der Waals surface area contributed by atoms with Crippen LogP contribution in [0.2, 0.25) is 0 Å². The van der Waals surface area contributed by atoms with Crippen molar-refractivity contribution in [3.8, 4) is 0 Å². The molecule has 4 heterocycles. The molecule has 0 bridgehead atoms. The number of benzene rings is 2. The largest absolute Gasteiger partial charge is 0.460 e. The van der Waals surface area contributed by atoms with Crippen LogP contribution in [0.5, 0.6) is 0 Å². The summed E-state index contributed by atoms with van der Waals surface area (Å²) in [7, 11) is 0. The quantitative estimate of drug-likeness (QED) is 0.292. The zero-order chi connectivity index (χ0) is 26.9. The number of hydrogen-bond donors (Lipinski definition) is 1. The van der Waals surface area contributed by atoms with Gasteiger partial charge in [0, 0.05) is 49.0 Å². The Kier molecular flexibility index (Phi) is 7.60. The molecule has 2 aromatic carbocycles. The van der Waals surface area contributed by atoms with E-state index in [2.05, 4.69) is 41.1 Å². The van der Waals surface area contributed by atoms with Crippen LogP contribution < -0.4 is 0 Å². The number of likely N-dealkylation sites (tertiary alicyclic amines) is 1. The second-order valence-corrected chi connectivity index (χ2v) is 11.6. The SMILES string of the molecule is C[C@@H]1Cc2c([nH]c3ccccc23)CN1CC(C)(C)F.FC1(F)CCCCN(Cc2cc3ccccc3o2)C1.[HH]. The molecule has 1 fully saturated rings. The molecule has 0 unspecified atom stereocenters. The fraction of sp³-hybridized carbons (Fsp3) is 0.484. The highest BCUT2D eigenvalue weighted by atomic mass is 19.3. The van der Waals surface area contributed by atoms with Gasteiger partial charge in [-0.05, 0) is 70.3 Å². The average Bonchev–Trinajstić information content (AvgIpc) is 3.36. The number of furan rings is 1.